The number of aromatic nitrogens is 1. The summed E-state index contributed by atoms with van der Waals surface area (Å²) in [5.74, 6) is 0.154. The van der Waals surface area contributed by atoms with Crippen LogP contribution in [-0.4, -0.2) is 32.7 Å². The highest BCUT2D eigenvalue weighted by Crippen LogP contribution is 2.21. The summed E-state index contributed by atoms with van der Waals surface area (Å²) in [7, 11) is -2.37. The molecule has 0 radical (unpaired) electrons. The summed E-state index contributed by atoms with van der Waals surface area (Å²) in [6.07, 6.45) is 0. The molecule has 2 aromatic carbocycles. The molecule has 0 aliphatic rings. The summed E-state index contributed by atoms with van der Waals surface area (Å²) >= 11 is 1.21. The Bertz CT molecular complexity index is 1180. The Morgan fingerprint density at radius 1 is 1.14 bits per heavy atom. The predicted octanol–water partition coefficient (Wildman–Crippen LogP) is 3.20. The Morgan fingerprint density at radius 3 is 2.46 bits per heavy atom. The Morgan fingerprint density at radius 2 is 1.86 bits per heavy atom. The average Bonchev–Trinajstić information content (AvgIpc) is 3.03. The number of fused-ring (bicyclic) bond motifs is 1. The zero-order valence-corrected chi connectivity index (χ0v) is 17.3. The van der Waals surface area contributed by atoms with Crippen LogP contribution in [0.3, 0.4) is 0 Å². The Hall–Kier alpha value is -2.65. The minimum Gasteiger partial charge on any atom is -0.497 e. The molecule has 28 heavy (non-hydrogen) atoms. The molecule has 0 atom stereocenters. The highest BCUT2D eigenvalue weighted by Gasteiger charge is 2.16. The quantitative estimate of drug-likeness (QED) is 0.572. The molecule has 1 heterocycles. The zero-order chi connectivity index (χ0) is 20.3. The van der Waals surface area contributed by atoms with E-state index in [0.717, 1.165) is 10.2 Å². The van der Waals surface area contributed by atoms with Crippen molar-refractivity contribution in [2.45, 2.75) is 25.3 Å². The van der Waals surface area contributed by atoms with Crippen LogP contribution in [0.25, 0.3) is 10.2 Å². The molecule has 3 rings (SSSR count). The van der Waals surface area contributed by atoms with Crippen LogP contribution in [0.5, 0.6) is 5.75 Å². The molecule has 0 saturated heterocycles. The molecule has 1 aromatic heterocycles. The number of sulfonamides is 1. The first kappa shape index (κ1) is 20.1. The molecular weight excluding hydrogens is 400 g/mol. The van der Waals surface area contributed by atoms with E-state index in [1.54, 1.807) is 41.8 Å². The van der Waals surface area contributed by atoms with Gasteiger partial charge in [-0.15, -0.1) is 4.40 Å². The fourth-order valence-corrected chi connectivity index (χ4v) is 5.03. The third kappa shape index (κ3) is 3.95. The van der Waals surface area contributed by atoms with Crippen LogP contribution in [0, 0.1) is 0 Å². The normalized spacial score (nSPS) is 12.3. The second-order valence-corrected chi connectivity index (χ2v) is 8.39. The molecule has 0 amide bonds. The van der Waals surface area contributed by atoms with Crippen LogP contribution in [0.1, 0.15) is 24.2 Å². The molecule has 0 aliphatic carbocycles. The van der Waals surface area contributed by atoms with Crippen molar-refractivity contribution in [2.75, 3.05) is 13.7 Å². The van der Waals surface area contributed by atoms with Gasteiger partial charge in [0, 0.05) is 6.54 Å². The second-order valence-electron chi connectivity index (χ2n) is 5.77. The molecule has 0 aliphatic heterocycles. The van der Waals surface area contributed by atoms with Crippen molar-refractivity contribution in [3.8, 4) is 5.75 Å². The van der Waals surface area contributed by atoms with Gasteiger partial charge in [-0.1, -0.05) is 11.3 Å². The van der Waals surface area contributed by atoms with Crippen molar-refractivity contribution < 1.29 is 22.7 Å². The first-order chi connectivity index (χ1) is 13.4. The summed E-state index contributed by atoms with van der Waals surface area (Å²) in [5.41, 5.74) is 1.23. The van der Waals surface area contributed by atoms with Gasteiger partial charge in [0.25, 0.3) is 10.0 Å². The van der Waals surface area contributed by atoms with Gasteiger partial charge in [-0.3, -0.25) is 0 Å². The van der Waals surface area contributed by atoms with Gasteiger partial charge in [0.05, 0.1) is 34.4 Å². The largest absolute Gasteiger partial charge is 0.497 e. The lowest BCUT2D eigenvalue weighted by Crippen LogP contribution is -2.16. The number of methoxy groups -OCH3 is 1. The van der Waals surface area contributed by atoms with Crippen molar-refractivity contribution in [1.29, 1.82) is 0 Å². The maximum absolute atomic E-state index is 12.7. The van der Waals surface area contributed by atoms with Crippen LogP contribution >= 0.6 is 11.3 Å². The number of benzene rings is 2. The molecule has 148 valence electrons. The molecule has 3 aromatic rings. The number of carbonyl (C=O) groups is 1. The summed E-state index contributed by atoms with van der Waals surface area (Å²) in [4.78, 5) is 12.4. The number of ether oxygens (including phenoxy) is 2. The van der Waals surface area contributed by atoms with Crippen molar-refractivity contribution in [3.63, 3.8) is 0 Å². The van der Waals surface area contributed by atoms with E-state index in [1.165, 1.54) is 30.6 Å². The van der Waals surface area contributed by atoms with E-state index in [2.05, 4.69) is 4.40 Å². The van der Waals surface area contributed by atoms with Gasteiger partial charge in [0.15, 0.2) is 0 Å². The van der Waals surface area contributed by atoms with E-state index >= 15 is 0 Å². The Balaban J connectivity index is 2.11. The van der Waals surface area contributed by atoms with E-state index in [1.807, 2.05) is 6.92 Å². The maximum atomic E-state index is 12.7. The number of rotatable bonds is 6. The third-order valence-electron chi connectivity index (χ3n) is 4.07. The molecule has 9 heteroatoms. The lowest BCUT2D eigenvalue weighted by Gasteiger charge is -2.03. The van der Waals surface area contributed by atoms with Gasteiger partial charge < -0.3 is 14.0 Å². The van der Waals surface area contributed by atoms with E-state index in [-0.39, 0.29) is 11.5 Å². The van der Waals surface area contributed by atoms with Crippen LogP contribution in [0.15, 0.2) is 51.8 Å². The first-order valence-corrected chi connectivity index (χ1v) is 10.9. The van der Waals surface area contributed by atoms with E-state index < -0.39 is 16.0 Å². The third-order valence-corrected chi connectivity index (χ3v) is 6.50. The molecular formula is C19H20N2O5S2. The molecule has 0 spiro atoms. The van der Waals surface area contributed by atoms with E-state index in [4.69, 9.17) is 9.47 Å². The first-order valence-electron chi connectivity index (χ1n) is 8.65. The SMILES string of the molecule is CCOC(=O)c1ccc2c(c1)s/c(=N\S(=O)(=O)c1ccc(OC)cc1)n2CC. The van der Waals surface area contributed by atoms with Crippen LogP contribution in [0.4, 0.5) is 0 Å². The topological polar surface area (TPSA) is 87.0 Å². The second kappa shape index (κ2) is 8.15. The lowest BCUT2D eigenvalue weighted by molar-refractivity contribution is 0.0526. The minimum absolute atomic E-state index is 0.0839. The summed E-state index contributed by atoms with van der Waals surface area (Å²) in [6.45, 7) is 4.48. The summed E-state index contributed by atoms with van der Waals surface area (Å²) in [6, 6.07) is 11.2. The van der Waals surface area contributed by atoms with Gasteiger partial charge in [-0.05, 0) is 56.3 Å². The minimum atomic E-state index is -3.89. The molecule has 7 nitrogen and oxygen atoms in total. The number of thiazole rings is 1. The molecule has 0 bridgehead atoms. The number of hydrogen-bond acceptors (Lipinski definition) is 6. The molecule has 0 saturated carbocycles. The van der Waals surface area contributed by atoms with Gasteiger partial charge in [0.2, 0.25) is 4.80 Å². The zero-order valence-electron chi connectivity index (χ0n) is 15.7. The van der Waals surface area contributed by atoms with E-state index in [9.17, 15) is 13.2 Å². The summed E-state index contributed by atoms with van der Waals surface area (Å²) < 4.78 is 42.1. The highest BCUT2D eigenvalue weighted by molar-refractivity contribution is 7.90. The molecule has 0 fully saturated rings. The van der Waals surface area contributed by atoms with Gasteiger partial charge in [0.1, 0.15) is 5.75 Å². The fraction of sp³-hybridized carbons (Fsp3) is 0.263. The number of hydrogen-bond donors (Lipinski definition) is 0. The predicted molar refractivity (Wildman–Crippen MR) is 107 cm³/mol. The number of esters is 1. The number of carbonyl (C=O) groups excluding carboxylic acids is 1. The van der Waals surface area contributed by atoms with Crippen molar-refractivity contribution in [2.24, 2.45) is 4.40 Å². The molecule has 0 unspecified atom stereocenters. The monoisotopic (exact) mass is 420 g/mol. The number of nitrogens with zero attached hydrogens (tertiary/aromatic N) is 2. The van der Waals surface area contributed by atoms with Crippen molar-refractivity contribution in [3.05, 3.63) is 52.8 Å². The summed E-state index contributed by atoms with van der Waals surface area (Å²) in [5, 5.41) is 0. The molecule has 0 N–H and O–H groups in total. The van der Waals surface area contributed by atoms with Crippen molar-refractivity contribution >= 4 is 37.5 Å². The van der Waals surface area contributed by atoms with Crippen molar-refractivity contribution in [1.82, 2.24) is 4.57 Å². The standard InChI is InChI=1S/C19H20N2O5S2/c1-4-21-16-11-6-13(18(22)26-5-2)12-17(16)27-19(21)20-28(23,24)15-9-7-14(25-3)8-10-15/h6-12H,4-5H2,1-3H3/b20-19-. The van der Waals surface area contributed by atoms with Crippen LogP contribution in [0.2, 0.25) is 0 Å². The lowest BCUT2D eigenvalue weighted by atomic mass is 10.2. The van der Waals surface area contributed by atoms with Gasteiger partial charge in [-0.25, -0.2) is 4.79 Å². The Kier molecular flexibility index (Phi) is 5.85. The highest BCUT2D eigenvalue weighted by atomic mass is 32.2. The smallest absolute Gasteiger partial charge is 0.338 e. The average molecular weight is 421 g/mol. The number of aryl methyl sites for hydroxylation is 1. The van der Waals surface area contributed by atoms with Crippen LogP contribution in [-0.2, 0) is 21.3 Å². The fourth-order valence-electron chi connectivity index (χ4n) is 2.69. The van der Waals surface area contributed by atoms with E-state index in [0.29, 0.717) is 22.7 Å². The van der Waals surface area contributed by atoms with Gasteiger partial charge >= 0.3 is 5.97 Å². The van der Waals surface area contributed by atoms with Crippen LogP contribution < -0.4 is 9.54 Å². The van der Waals surface area contributed by atoms with Gasteiger partial charge in [-0.2, -0.15) is 8.42 Å². The Labute approximate surface area is 166 Å². The maximum Gasteiger partial charge on any atom is 0.338 e.